The molecule has 2 aromatic rings. The lowest BCUT2D eigenvalue weighted by atomic mass is 9.97. The Kier molecular flexibility index (Phi) is 3.93. The van der Waals surface area contributed by atoms with Crippen LogP contribution in [0.5, 0.6) is 0 Å². The third-order valence-corrected chi connectivity index (χ3v) is 3.27. The number of amides is 1. The summed E-state index contributed by atoms with van der Waals surface area (Å²) in [5, 5.41) is 0. The minimum atomic E-state index is -0.112. The molecule has 4 nitrogen and oxygen atoms in total. The van der Waals surface area contributed by atoms with Gasteiger partial charge in [-0.1, -0.05) is 18.2 Å². The number of rotatable bonds is 1. The SMILES string of the molecule is Cl.NC1CCN(C(=O)c2ccco2)c2ccccc21. The van der Waals surface area contributed by atoms with E-state index >= 15 is 0 Å². The molecule has 1 amide bonds. The maximum atomic E-state index is 12.3. The smallest absolute Gasteiger partial charge is 0.293 e. The number of carbonyl (C=O) groups excluding carboxylic acids is 1. The van der Waals surface area contributed by atoms with Crippen molar-refractivity contribution in [3.05, 3.63) is 54.0 Å². The number of nitrogens with zero attached hydrogens (tertiary/aromatic N) is 1. The van der Waals surface area contributed by atoms with Gasteiger partial charge in [0, 0.05) is 18.3 Å². The second kappa shape index (κ2) is 5.47. The lowest BCUT2D eigenvalue weighted by Crippen LogP contribution is -2.38. The summed E-state index contributed by atoms with van der Waals surface area (Å²) in [7, 11) is 0. The van der Waals surface area contributed by atoms with Crippen LogP contribution in [0.3, 0.4) is 0 Å². The molecule has 1 atom stereocenters. The first kappa shape index (κ1) is 13.6. The summed E-state index contributed by atoms with van der Waals surface area (Å²) in [5.41, 5.74) is 7.97. The molecule has 1 aromatic carbocycles. The predicted octanol–water partition coefficient (Wildman–Crippen LogP) is 2.75. The van der Waals surface area contributed by atoms with Crippen molar-refractivity contribution in [3.8, 4) is 0 Å². The van der Waals surface area contributed by atoms with Crippen LogP contribution in [0.4, 0.5) is 5.69 Å². The van der Waals surface area contributed by atoms with Crippen LogP contribution in [0.1, 0.15) is 28.6 Å². The molecule has 0 saturated carbocycles. The minimum Gasteiger partial charge on any atom is -0.459 e. The molecule has 0 fully saturated rings. The minimum absolute atomic E-state index is 0. The molecule has 19 heavy (non-hydrogen) atoms. The first-order valence-corrected chi connectivity index (χ1v) is 5.97. The molecular formula is C14H15ClN2O2. The Morgan fingerprint density at radius 3 is 2.79 bits per heavy atom. The van der Waals surface area contributed by atoms with Crippen LogP contribution in [-0.2, 0) is 0 Å². The summed E-state index contributed by atoms with van der Waals surface area (Å²) >= 11 is 0. The van der Waals surface area contributed by atoms with E-state index in [1.807, 2.05) is 24.3 Å². The zero-order valence-corrected chi connectivity index (χ0v) is 11.1. The first-order valence-electron chi connectivity index (χ1n) is 5.97. The lowest BCUT2D eigenvalue weighted by molar-refractivity contribution is 0.0957. The number of benzene rings is 1. The van der Waals surface area contributed by atoms with Crippen molar-refractivity contribution in [2.24, 2.45) is 5.73 Å². The molecule has 2 N–H and O–H groups in total. The van der Waals surface area contributed by atoms with E-state index in [0.29, 0.717) is 12.3 Å². The van der Waals surface area contributed by atoms with E-state index in [9.17, 15) is 4.79 Å². The largest absolute Gasteiger partial charge is 0.459 e. The Morgan fingerprint density at radius 1 is 1.26 bits per heavy atom. The second-order valence-corrected chi connectivity index (χ2v) is 4.39. The van der Waals surface area contributed by atoms with E-state index in [2.05, 4.69) is 0 Å². The van der Waals surface area contributed by atoms with Crippen LogP contribution in [0, 0.1) is 0 Å². The molecule has 1 aliphatic rings. The van der Waals surface area contributed by atoms with Gasteiger partial charge in [0.2, 0.25) is 0 Å². The van der Waals surface area contributed by atoms with Crippen LogP contribution in [0.2, 0.25) is 0 Å². The molecule has 0 aliphatic carbocycles. The summed E-state index contributed by atoms with van der Waals surface area (Å²) in [6.45, 7) is 0.623. The number of anilines is 1. The molecule has 100 valence electrons. The van der Waals surface area contributed by atoms with Crippen LogP contribution in [-0.4, -0.2) is 12.5 Å². The molecule has 1 unspecified atom stereocenters. The van der Waals surface area contributed by atoms with Crippen molar-refractivity contribution in [1.82, 2.24) is 0 Å². The fourth-order valence-corrected chi connectivity index (χ4v) is 2.34. The van der Waals surface area contributed by atoms with Gasteiger partial charge in [-0.25, -0.2) is 0 Å². The highest BCUT2D eigenvalue weighted by atomic mass is 35.5. The predicted molar refractivity (Wildman–Crippen MR) is 75.6 cm³/mol. The highest BCUT2D eigenvalue weighted by molar-refractivity contribution is 6.05. The number of para-hydroxylation sites is 1. The molecular weight excluding hydrogens is 264 g/mol. The van der Waals surface area contributed by atoms with Crippen LogP contribution in [0.25, 0.3) is 0 Å². The maximum Gasteiger partial charge on any atom is 0.293 e. The number of furan rings is 1. The summed E-state index contributed by atoms with van der Waals surface area (Å²) in [6, 6.07) is 11.2. The Labute approximate surface area is 117 Å². The van der Waals surface area contributed by atoms with E-state index in [1.165, 1.54) is 6.26 Å². The van der Waals surface area contributed by atoms with Gasteiger partial charge in [0.25, 0.3) is 5.91 Å². The van der Waals surface area contributed by atoms with E-state index in [-0.39, 0.29) is 24.4 Å². The third-order valence-electron chi connectivity index (χ3n) is 3.27. The van der Waals surface area contributed by atoms with Crippen molar-refractivity contribution in [2.75, 3.05) is 11.4 Å². The lowest BCUT2D eigenvalue weighted by Gasteiger charge is -2.32. The molecule has 2 heterocycles. The normalized spacial score (nSPS) is 17.5. The van der Waals surface area contributed by atoms with Crippen LogP contribution >= 0.6 is 12.4 Å². The summed E-state index contributed by atoms with van der Waals surface area (Å²) in [6.07, 6.45) is 2.28. The standard InChI is InChI=1S/C14H14N2O2.ClH/c15-11-7-8-16(12-5-2-1-4-10(11)12)14(17)13-6-3-9-18-13;/h1-6,9,11H,7-8,15H2;1H. The molecule has 3 rings (SSSR count). The van der Waals surface area contributed by atoms with E-state index in [0.717, 1.165) is 17.7 Å². The van der Waals surface area contributed by atoms with E-state index < -0.39 is 0 Å². The molecule has 1 aromatic heterocycles. The Balaban J connectivity index is 0.00000133. The maximum absolute atomic E-state index is 12.3. The number of fused-ring (bicyclic) bond motifs is 1. The first-order chi connectivity index (χ1) is 8.77. The molecule has 0 saturated heterocycles. The number of nitrogens with two attached hydrogens (primary N) is 1. The van der Waals surface area contributed by atoms with Gasteiger partial charge < -0.3 is 15.1 Å². The van der Waals surface area contributed by atoms with Gasteiger partial charge in [0.15, 0.2) is 5.76 Å². The third kappa shape index (κ3) is 2.37. The Morgan fingerprint density at radius 2 is 2.05 bits per heavy atom. The Hall–Kier alpha value is -1.78. The van der Waals surface area contributed by atoms with E-state index in [4.69, 9.17) is 10.2 Å². The Bertz CT molecular complexity index is 569. The van der Waals surface area contributed by atoms with Gasteiger partial charge in [-0.15, -0.1) is 12.4 Å². The van der Waals surface area contributed by atoms with Crippen molar-refractivity contribution in [1.29, 1.82) is 0 Å². The van der Waals surface area contributed by atoms with Crippen LogP contribution in [0.15, 0.2) is 47.1 Å². The molecule has 1 aliphatic heterocycles. The average Bonchev–Trinajstić information content (AvgIpc) is 2.93. The van der Waals surface area contributed by atoms with Gasteiger partial charge in [-0.2, -0.15) is 0 Å². The van der Waals surface area contributed by atoms with Crippen molar-refractivity contribution in [2.45, 2.75) is 12.5 Å². The molecule has 0 radical (unpaired) electrons. The number of carbonyl (C=O) groups is 1. The topological polar surface area (TPSA) is 59.5 Å². The van der Waals surface area contributed by atoms with Gasteiger partial charge in [0.1, 0.15) is 0 Å². The fourth-order valence-electron chi connectivity index (χ4n) is 2.34. The highest BCUT2D eigenvalue weighted by Gasteiger charge is 2.28. The monoisotopic (exact) mass is 278 g/mol. The average molecular weight is 279 g/mol. The van der Waals surface area contributed by atoms with Crippen molar-refractivity contribution in [3.63, 3.8) is 0 Å². The molecule has 5 heteroatoms. The van der Waals surface area contributed by atoms with Gasteiger partial charge >= 0.3 is 0 Å². The van der Waals surface area contributed by atoms with Crippen LogP contribution < -0.4 is 10.6 Å². The summed E-state index contributed by atoms with van der Waals surface area (Å²) in [4.78, 5) is 14.1. The molecule has 0 bridgehead atoms. The number of hydrogen-bond donors (Lipinski definition) is 1. The summed E-state index contributed by atoms with van der Waals surface area (Å²) < 4.78 is 5.17. The quantitative estimate of drug-likeness (QED) is 0.872. The number of hydrogen-bond acceptors (Lipinski definition) is 3. The fraction of sp³-hybridized carbons (Fsp3) is 0.214. The van der Waals surface area contributed by atoms with Gasteiger partial charge in [0.05, 0.1) is 6.26 Å². The number of halogens is 1. The zero-order chi connectivity index (χ0) is 12.5. The van der Waals surface area contributed by atoms with Crippen molar-refractivity contribution < 1.29 is 9.21 Å². The highest BCUT2D eigenvalue weighted by Crippen LogP contribution is 2.32. The van der Waals surface area contributed by atoms with Gasteiger partial charge in [-0.3, -0.25) is 4.79 Å². The van der Waals surface area contributed by atoms with Gasteiger partial charge in [-0.05, 0) is 30.2 Å². The van der Waals surface area contributed by atoms with Crippen molar-refractivity contribution >= 4 is 24.0 Å². The molecule has 0 spiro atoms. The zero-order valence-electron chi connectivity index (χ0n) is 10.3. The summed E-state index contributed by atoms with van der Waals surface area (Å²) in [5.74, 6) is 0.250. The second-order valence-electron chi connectivity index (χ2n) is 4.39. The van der Waals surface area contributed by atoms with E-state index in [1.54, 1.807) is 17.0 Å².